The monoisotopic (exact) mass is 162 g/mol. The normalized spacial score (nSPS) is 12.9. The van der Waals surface area contributed by atoms with Gasteiger partial charge >= 0.3 is 0 Å². The van der Waals surface area contributed by atoms with E-state index in [-0.39, 0.29) is 0 Å². The molecule has 1 heteroatoms. The molecule has 0 amide bonds. The summed E-state index contributed by atoms with van der Waals surface area (Å²) in [6, 6.07) is 8.34. The summed E-state index contributed by atoms with van der Waals surface area (Å²) >= 11 is 0. The number of rotatable bonds is 3. The Hall–Kier alpha value is -0.820. The van der Waals surface area contributed by atoms with E-state index in [0.717, 1.165) is 18.5 Å². The molecule has 1 atom stereocenters. The molecule has 1 nitrogen and oxygen atoms in total. The van der Waals surface area contributed by atoms with E-state index in [1.54, 1.807) is 0 Å². The minimum absolute atomic E-state index is 0.565. The Labute approximate surface area is 74.6 Å². The van der Waals surface area contributed by atoms with Crippen molar-refractivity contribution < 1.29 is 0 Å². The van der Waals surface area contributed by atoms with Gasteiger partial charge in [0, 0.05) is 0 Å². The highest BCUT2D eigenvalue weighted by molar-refractivity contribution is 5.26. The molecule has 1 unspecified atom stereocenters. The Balaban J connectivity index is 2.68. The lowest BCUT2D eigenvalue weighted by molar-refractivity contribution is 0.690. The van der Waals surface area contributed by atoms with Crippen molar-refractivity contribution >= 4 is 0 Å². The summed E-state index contributed by atoms with van der Waals surface area (Å²) in [5.41, 5.74) is 7.91. The molecule has 0 bridgehead atoms. The van der Waals surface area contributed by atoms with Crippen molar-refractivity contribution in [2.75, 3.05) is 6.54 Å². The molecule has 0 aliphatic carbocycles. The zero-order valence-electron chi connectivity index (χ0n) is 7.59. The van der Waals surface area contributed by atoms with Crippen molar-refractivity contribution in [3.05, 3.63) is 42.3 Å². The first-order valence-electron chi connectivity index (χ1n) is 4.36. The molecule has 0 aliphatic rings. The fraction of sp³-hybridized carbons (Fsp3) is 0.364. The summed E-state index contributed by atoms with van der Waals surface area (Å²) in [5, 5.41) is 0. The lowest BCUT2D eigenvalue weighted by Gasteiger charge is -2.09. The van der Waals surface area contributed by atoms with Gasteiger partial charge in [0.1, 0.15) is 0 Å². The summed E-state index contributed by atoms with van der Waals surface area (Å²) in [6.07, 6.45) is 1.05. The molecule has 12 heavy (non-hydrogen) atoms. The van der Waals surface area contributed by atoms with Crippen molar-refractivity contribution in [3.63, 3.8) is 0 Å². The molecule has 0 saturated carbocycles. The van der Waals surface area contributed by atoms with Gasteiger partial charge in [-0.2, -0.15) is 0 Å². The fourth-order valence-electron chi connectivity index (χ4n) is 1.26. The van der Waals surface area contributed by atoms with Gasteiger partial charge in [-0.15, -0.1) is 0 Å². The molecular formula is C11H16N. The third kappa shape index (κ3) is 2.35. The average molecular weight is 162 g/mol. The van der Waals surface area contributed by atoms with E-state index >= 15 is 0 Å². The van der Waals surface area contributed by atoms with Crippen LogP contribution in [0.25, 0.3) is 0 Å². The van der Waals surface area contributed by atoms with Crippen LogP contribution in [0.2, 0.25) is 0 Å². The van der Waals surface area contributed by atoms with Crippen LogP contribution in [0.3, 0.4) is 0 Å². The molecule has 1 radical (unpaired) electrons. The molecule has 2 N–H and O–H groups in total. The molecule has 0 aromatic heterocycles. The molecule has 1 aromatic rings. The smallest absolute Gasteiger partial charge is 0.00715 e. The maximum Gasteiger partial charge on any atom is -0.00715 e. The molecule has 0 aliphatic heterocycles. The first-order valence-corrected chi connectivity index (χ1v) is 4.36. The van der Waals surface area contributed by atoms with Crippen molar-refractivity contribution in [1.29, 1.82) is 0 Å². The first-order chi connectivity index (χ1) is 5.74. The van der Waals surface area contributed by atoms with E-state index in [4.69, 9.17) is 5.73 Å². The highest BCUT2D eigenvalue weighted by atomic mass is 14.5. The molecular weight excluding hydrogens is 146 g/mol. The van der Waals surface area contributed by atoms with Crippen LogP contribution in [0.1, 0.15) is 30.4 Å². The highest BCUT2D eigenvalue weighted by Crippen LogP contribution is 2.18. The summed E-state index contributed by atoms with van der Waals surface area (Å²) < 4.78 is 0. The average Bonchev–Trinajstić information content (AvgIpc) is 2.06. The van der Waals surface area contributed by atoms with E-state index in [0.29, 0.717) is 5.92 Å². The van der Waals surface area contributed by atoms with Gasteiger partial charge in [0.25, 0.3) is 0 Å². The quantitative estimate of drug-likeness (QED) is 0.725. The zero-order chi connectivity index (χ0) is 8.97. The van der Waals surface area contributed by atoms with E-state index < -0.39 is 0 Å². The Bertz CT molecular complexity index is 225. The van der Waals surface area contributed by atoms with Crippen LogP contribution < -0.4 is 5.73 Å². The van der Waals surface area contributed by atoms with Crippen LogP contribution >= 0.6 is 0 Å². The van der Waals surface area contributed by atoms with Crippen LogP contribution in [0.4, 0.5) is 0 Å². The number of benzene rings is 1. The van der Waals surface area contributed by atoms with E-state index in [1.807, 2.05) is 12.1 Å². The van der Waals surface area contributed by atoms with Crippen molar-refractivity contribution in [2.24, 2.45) is 5.73 Å². The Kier molecular flexibility index (Phi) is 3.30. The number of hydrogen-bond acceptors (Lipinski definition) is 1. The predicted octanol–water partition coefficient (Wildman–Crippen LogP) is 2.32. The largest absolute Gasteiger partial charge is 0.330 e. The van der Waals surface area contributed by atoms with Crippen LogP contribution in [0.15, 0.2) is 24.3 Å². The molecule has 0 spiro atoms. The van der Waals surface area contributed by atoms with Crippen LogP contribution in [-0.4, -0.2) is 6.54 Å². The van der Waals surface area contributed by atoms with Gasteiger partial charge in [-0.1, -0.05) is 31.2 Å². The second-order valence-corrected chi connectivity index (χ2v) is 3.22. The summed E-state index contributed by atoms with van der Waals surface area (Å²) in [5.74, 6) is 0.565. The van der Waals surface area contributed by atoms with Gasteiger partial charge in [0.2, 0.25) is 0 Å². The van der Waals surface area contributed by atoms with Gasteiger partial charge in [0.05, 0.1) is 0 Å². The van der Waals surface area contributed by atoms with Crippen molar-refractivity contribution in [3.8, 4) is 0 Å². The zero-order valence-corrected chi connectivity index (χ0v) is 7.59. The topological polar surface area (TPSA) is 26.0 Å². The minimum atomic E-state index is 0.565. The number of nitrogens with two attached hydrogens (primary N) is 1. The van der Waals surface area contributed by atoms with Gasteiger partial charge in [-0.3, -0.25) is 0 Å². The molecule has 65 valence electrons. The second-order valence-electron chi connectivity index (χ2n) is 3.22. The predicted molar refractivity (Wildman–Crippen MR) is 53.0 cm³/mol. The van der Waals surface area contributed by atoms with Gasteiger partial charge in [-0.05, 0) is 36.9 Å². The van der Waals surface area contributed by atoms with Gasteiger partial charge < -0.3 is 5.73 Å². The molecule has 1 rings (SSSR count). The number of hydrogen-bond donors (Lipinski definition) is 1. The third-order valence-electron chi connectivity index (χ3n) is 2.15. The lowest BCUT2D eigenvalue weighted by Crippen LogP contribution is -2.04. The van der Waals surface area contributed by atoms with Crippen LogP contribution in [-0.2, 0) is 0 Å². The maximum atomic E-state index is 5.48. The Morgan fingerprint density at radius 1 is 1.33 bits per heavy atom. The Morgan fingerprint density at radius 2 is 1.92 bits per heavy atom. The molecule has 0 saturated heterocycles. The molecule has 0 heterocycles. The van der Waals surface area contributed by atoms with Gasteiger partial charge in [-0.25, -0.2) is 0 Å². The minimum Gasteiger partial charge on any atom is -0.330 e. The standard InChI is InChI=1S/C11H16N/c1-9-3-5-11(6-4-9)10(2)7-8-12/h3-6,10H,1,7-8,12H2,2H3. The summed E-state index contributed by atoms with van der Waals surface area (Å²) in [4.78, 5) is 0. The highest BCUT2D eigenvalue weighted by Gasteiger charge is 2.02. The van der Waals surface area contributed by atoms with Crippen LogP contribution in [0.5, 0.6) is 0 Å². The third-order valence-corrected chi connectivity index (χ3v) is 2.15. The fourth-order valence-corrected chi connectivity index (χ4v) is 1.26. The first kappa shape index (κ1) is 9.27. The van der Waals surface area contributed by atoms with E-state index in [2.05, 4.69) is 26.0 Å². The van der Waals surface area contributed by atoms with E-state index in [9.17, 15) is 0 Å². The van der Waals surface area contributed by atoms with Crippen LogP contribution in [0, 0.1) is 6.92 Å². The second kappa shape index (κ2) is 4.27. The van der Waals surface area contributed by atoms with E-state index in [1.165, 1.54) is 5.56 Å². The van der Waals surface area contributed by atoms with Crippen molar-refractivity contribution in [2.45, 2.75) is 19.3 Å². The molecule has 0 fully saturated rings. The summed E-state index contributed by atoms with van der Waals surface area (Å²) in [7, 11) is 0. The van der Waals surface area contributed by atoms with Crippen molar-refractivity contribution in [1.82, 2.24) is 0 Å². The summed E-state index contributed by atoms with van der Waals surface area (Å²) in [6.45, 7) is 6.80. The maximum absolute atomic E-state index is 5.48. The SMILES string of the molecule is [CH2]c1ccc(C(C)CCN)cc1. The Morgan fingerprint density at radius 3 is 2.42 bits per heavy atom. The lowest BCUT2D eigenvalue weighted by atomic mass is 9.97. The molecule has 1 aromatic carbocycles. The van der Waals surface area contributed by atoms with Gasteiger partial charge in [0.15, 0.2) is 0 Å².